The highest BCUT2D eigenvalue weighted by atomic mass is 16.5. The highest BCUT2D eigenvalue weighted by Gasteiger charge is 2.15. The second kappa shape index (κ2) is 6.78. The van der Waals surface area contributed by atoms with Gasteiger partial charge in [-0.15, -0.1) is 0 Å². The highest BCUT2D eigenvalue weighted by molar-refractivity contribution is 5.48. The van der Waals surface area contributed by atoms with Crippen LogP contribution in [0.3, 0.4) is 0 Å². The molecule has 0 radical (unpaired) electrons. The second-order valence-electron chi connectivity index (χ2n) is 5.66. The minimum absolute atomic E-state index is 0.223. The van der Waals surface area contributed by atoms with E-state index in [1.165, 1.54) is 0 Å². The van der Waals surface area contributed by atoms with Crippen molar-refractivity contribution in [3.63, 3.8) is 0 Å². The molecule has 19 heavy (non-hydrogen) atoms. The van der Waals surface area contributed by atoms with Crippen molar-refractivity contribution in [2.75, 3.05) is 32.2 Å². The first-order valence-electron chi connectivity index (χ1n) is 6.49. The number of hydrogen-bond donors (Lipinski definition) is 1. The molecule has 4 nitrogen and oxygen atoms in total. The van der Waals surface area contributed by atoms with Crippen LogP contribution >= 0.6 is 0 Å². The Balaban J connectivity index is 2.46. The van der Waals surface area contributed by atoms with Gasteiger partial charge >= 0.3 is 0 Å². The lowest BCUT2D eigenvalue weighted by molar-refractivity contribution is -0.0461. The molecule has 1 N–H and O–H groups in total. The van der Waals surface area contributed by atoms with Crippen LogP contribution in [-0.2, 0) is 4.74 Å². The van der Waals surface area contributed by atoms with Gasteiger partial charge in [-0.3, -0.25) is 0 Å². The van der Waals surface area contributed by atoms with Crippen molar-refractivity contribution < 1.29 is 14.6 Å². The van der Waals surface area contributed by atoms with Gasteiger partial charge in [0.1, 0.15) is 5.75 Å². The maximum absolute atomic E-state index is 9.95. The molecular weight excluding hydrogens is 242 g/mol. The molecule has 0 spiro atoms. The Bertz CT molecular complexity index is 370. The number of aliphatic hydroxyl groups excluding tert-OH is 1. The van der Waals surface area contributed by atoms with Gasteiger partial charge < -0.3 is 19.5 Å². The van der Waals surface area contributed by atoms with E-state index in [9.17, 15) is 5.11 Å². The largest absolute Gasteiger partial charge is 0.497 e. The zero-order valence-corrected chi connectivity index (χ0v) is 12.5. The van der Waals surface area contributed by atoms with Gasteiger partial charge in [-0.05, 0) is 45.0 Å². The average Bonchev–Trinajstić information content (AvgIpc) is 2.35. The number of hydrogen-bond acceptors (Lipinski definition) is 4. The fourth-order valence-corrected chi connectivity index (χ4v) is 1.66. The summed E-state index contributed by atoms with van der Waals surface area (Å²) in [7, 11) is 3.59. The van der Waals surface area contributed by atoms with Crippen molar-refractivity contribution in [1.82, 2.24) is 0 Å². The average molecular weight is 267 g/mol. The number of aliphatic hydroxyl groups is 1. The molecule has 0 bridgehead atoms. The van der Waals surface area contributed by atoms with Crippen LogP contribution in [0.4, 0.5) is 5.69 Å². The fourth-order valence-electron chi connectivity index (χ4n) is 1.66. The van der Waals surface area contributed by atoms with Crippen LogP contribution in [0.5, 0.6) is 5.75 Å². The van der Waals surface area contributed by atoms with Crippen molar-refractivity contribution in [2.24, 2.45) is 0 Å². The molecule has 0 saturated heterocycles. The van der Waals surface area contributed by atoms with E-state index >= 15 is 0 Å². The van der Waals surface area contributed by atoms with Gasteiger partial charge in [0.15, 0.2) is 0 Å². The number of ether oxygens (including phenoxy) is 2. The van der Waals surface area contributed by atoms with E-state index in [-0.39, 0.29) is 5.60 Å². The Morgan fingerprint density at radius 1 is 1.21 bits per heavy atom. The van der Waals surface area contributed by atoms with Crippen molar-refractivity contribution in [3.8, 4) is 5.75 Å². The molecule has 0 fully saturated rings. The molecule has 0 aliphatic carbocycles. The zero-order valence-electron chi connectivity index (χ0n) is 12.5. The van der Waals surface area contributed by atoms with E-state index in [2.05, 4.69) is 0 Å². The van der Waals surface area contributed by atoms with Crippen LogP contribution in [0.25, 0.3) is 0 Å². The van der Waals surface area contributed by atoms with Gasteiger partial charge in [0.2, 0.25) is 0 Å². The van der Waals surface area contributed by atoms with E-state index in [4.69, 9.17) is 9.47 Å². The minimum atomic E-state index is -0.508. The van der Waals surface area contributed by atoms with Crippen molar-refractivity contribution in [1.29, 1.82) is 0 Å². The fraction of sp³-hybridized carbons (Fsp3) is 0.600. The Kier molecular flexibility index (Phi) is 5.63. The molecule has 0 aliphatic rings. The van der Waals surface area contributed by atoms with Gasteiger partial charge in [-0.1, -0.05) is 0 Å². The number of anilines is 1. The predicted molar refractivity (Wildman–Crippen MR) is 78.0 cm³/mol. The van der Waals surface area contributed by atoms with E-state index in [1.54, 1.807) is 7.11 Å². The summed E-state index contributed by atoms with van der Waals surface area (Å²) in [5.41, 5.74) is 0.815. The first-order valence-corrected chi connectivity index (χ1v) is 6.49. The summed E-state index contributed by atoms with van der Waals surface area (Å²) >= 11 is 0. The lowest BCUT2D eigenvalue weighted by Gasteiger charge is -2.26. The molecule has 1 unspecified atom stereocenters. The smallest absolute Gasteiger partial charge is 0.119 e. The monoisotopic (exact) mass is 267 g/mol. The summed E-state index contributed by atoms with van der Waals surface area (Å²) in [5.74, 6) is 0.828. The summed E-state index contributed by atoms with van der Waals surface area (Å²) in [5, 5.41) is 9.95. The first kappa shape index (κ1) is 15.8. The lowest BCUT2D eigenvalue weighted by Crippen LogP contribution is -2.34. The zero-order chi connectivity index (χ0) is 14.5. The molecule has 0 saturated carbocycles. The van der Waals surface area contributed by atoms with E-state index in [0.29, 0.717) is 13.2 Å². The number of nitrogens with zero attached hydrogens (tertiary/aromatic N) is 1. The Morgan fingerprint density at radius 2 is 1.79 bits per heavy atom. The first-order chi connectivity index (χ1) is 8.81. The van der Waals surface area contributed by atoms with Crippen molar-refractivity contribution >= 4 is 5.69 Å². The predicted octanol–water partition coefficient (Wildman–Crippen LogP) is 2.31. The maximum atomic E-state index is 9.95. The summed E-state index contributed by atoms with van der Waals surface area (Å²) in [6.45, 7) is 6.80. The Hall–Kier alpha value is -1.26. The summed E-state index contributed by atoms with van der Waals surface area (Å²) in [6.07, 6.45) is -0.508. The Labute approximate surface area is 115 Å². The van der Waals surface area contributed by atoms with Crippen LogP contribution in [-0.4, -0.2) is 44.1 Å². The Morgan fingerprint density at radius 3 is 2.26 bits per heavy atom. The normalized spacial score (nSPS) is 13.2. The number of benzene rings is 1. The van der Waals surface area contributed by atoms with Gasteiger partial charge in [0, 0.05) is 19.3 Å². The molecule has 1 atom stereocenters. The molecule has 4 heteroatoms. The van der Waals surface area contributed by atoms with Crippen molar-refractivity contribution in [3.05, 3.63) is 24.3 Å². The van der Waals surface area contributed by atoms with Crippen LogP contribution in [0, 0.1) is 0 Å². The topological polar surface area (TPSA) is 41.9 Å². The summed E-state index contributed by atoms with van der Waals surface area (Å²) in [6, 6.07) is 7.75. The third-order valence-electron chi connectivity index (χ3n) is 2.71. The van der Waals surface area contributed by atoms with Crippen molar-refractivity contribution in [2.45, 2.75) is 32.5 Å². The third-order valence-corrected chi connectivity index (χ3v) is 2.71. The summed E-state index contributed by atoms with van der Waals surface area (Å²) in [4.78, 5) is 2.00. The van der Waals surface area contributed by atoms with Crippen LogP contribution in [0.2, 0.25) is 0 Å². The highest BCUT2D eigenvalue weighted by Crippen LogP contribution is 2.18. The molecule has 108 valence electrons. The third kappa shape index (κ3) is 5.94. The van der Waals surface area contributed by atoms with Crippen LogP contribution < -0.4 is 9.64 Å². The number of likely N-dealkylation sites (N-methyl/N-ethyl adjacent to an activating group) is 1. The van der Waals surface area contributed by atoms with E-state index in [0.717, 1.165) is 11.4 Å². The molecule has 1 aromatic rings. The molecule has 0 aliphatic heterocycles. The lowest BCUT2D eigenvalue weighted by atomic mass is 10.2. The SMILES string of the molecule is COc1ccc(N(C)CC(O)COC(C)(C)C)cc1. The molecule has 0 heterocycles. The van der Waals surface area contributed by atoms with E-state index in [1.807, 2.05) is 57.0 Å². The number of rotatable bonds is 6. The minimum Gasteiger partial charge on any atom is -0.497 e. The standard InChI is InChI=1S/C15H25NO3/c1-15(2,3)19-11-13(17)10-16(4)12-6-8-14(18-5)9-7-12/h6-9,13,17H,10-11H2,1-5H3. The quantitative estimate of drug-likeness (QED) is 0.859. The molecule has 0 aromatic heterocycles. The number of methoxy groups -OCH3 is 1. The van der Waals surface area contributed by atoms with Crippen LogP contribution in [0.15, 0.2) is 24.3 Å². The second-order valence-corrected chi connectivity index (χ2v) is 5.66. The summed E-state index contributed by atoms with van der Waals surface area (Å²) < 4.78 is 10.7. The molecule has 0 amide bonds. The molecule has 1 rings (SSSR count). The van der Waals surface area contributed by atoms with Gasteiger partial charge in [0.25, 0.3) is 0 Å². The van der Waals surface area contributed by atoms with Gasteiger partial charge in [-0.2, -0.15) is 0 Å². The van der Waals surface area contributed by atoms with Gasteiger partial charge in [0.05, 0.1) is 25.4 Å². The van der Waals surface area contributed by atoms with Gasteiger partial charge in [-0.25, -0.2) is 0 Å². The molecular formula is C15H25NO3. The maximum Gasteiger partial charge on any atom is 0.119 e. The molecule has 1 aromatic carbocycles. The van der Waals surface area contributed by atoms with Crippen LogP contribution in [0.1, 0.15) is 20.8 Å². The van der Waals surface area contributed by atoms with E-state index < -0.39 is 6.10 Å².